The minimum Gasteiger partial charge on any atom is -0.331 e. The third kappa shape index (κ3) is 2.89. The van der Waals surface area contributed by atoms with Crippen molar-refractivity contribution in [3.8, 4) is 0 Å². The number of amides is 1. The predicted molar refractivity (Wildman–Crippen MR) is 94.0 cm³/mol. The second-order valence-electron chi connectivity index (χ2n) is 6.54. The topological polar surface area (TPSA) is 59.8 Å². The Balaban J connectivity index is 1.52. The summed E-state index contributed by atoms with van der Waals surface area (Å²) in [6.45, 7) is 1.90. The van der Waals surface area contributed by atoms with Gasteiger partial charge in [0.25, 0.3) is 0 Å². The number of aromatic nitrogens is 3. The molecule has 0 aliphatic heterocycles. The summed E-state index contributed by atoms with van der Waals surface area (Å²) in [5, 5.41) is 2.92. The number of rotatable bonds is 4. The van der Waals surface area contributed by atoms with Gasteiger partial charge in [-0.15, -0.1) is 0 Å². The van der Waals surface area contributed by atoms with E-state index in [4.69, 9.17) is 4.98 Å². The molecule has 3 aromatic rings. The maximum atomic E-state index is 12.3. The molecule has 1 amide bonds. The van der Waals surface area contributed by atoms with Crippen molar-refractivity contribution in [3.05, 3.63) is 53.6 Å². The highest BCUT2D eigenvalue weighted by Crippen LogP contribution is 2.40. The number of nitrogens with zero attached hydrogens (tertiary/aromatic N) is 3. The molecule has 0 spiro atoms. The average Bonchev–Trinajstić information content (AvgIpc) is 3.32. The zero-order valence-electron chi connectivity index (χ0n) is 13.9. The zero-order chi connectivity index (χ0) is 16.7. The van der Waals surface area contributed by atoms with Gasteiger partial charge < -0.3 is 9.88 Å². The van der Waals surface area contributed by atoms with Crippen molar-refractivity contribution in [1.82, 2.24) is 14.5 Å². The van der Waals surface area contributed by atoms with Crippen molar-refractivity contribution in [1.29, 1.82) is 0 Å². The first-order valence-corrected chi connectivity index (χ1v) is 8.28. The van der Waals surface area contributed by atoms with Gasteiger partial charge in [-0.1, -0.05) is 6.07 Å². The summed E-state index contributed by atoms with van der Waals surface area (Å²) < 4.78 is 2.18. The molecular formula is C19H20N4O. The number of aryl methyl sites for hydroxylation is 2. The van der Waals surface area contributed by atoms with Gasteiger partial charge >= 0.3 is 0 Å². The number of anilines is 1. The monoisotopic (exact) mass is 320 g/mol. The number of nitrogens with one attached hydrogen (secondary N) is 1. The van der Waals surface area contributed by atoms with Crippen LogP contribution in [-0.2, 0) is 18.3 Å². The molecule has 0 atom stereocenters. The molecule has 4 rings (SSSR count). The van der Waals surface area contributed by atoms with Crippen LogP contribution in [0.1, 0.15) is 35.8 Å². The van der Waals surface area contributed by atoms with Crippen LogP contribution in [0.25, 0.3) is 11.0 Å². The van der Waals surface area contributed by atoms with Gasteiger partial charge in [-0.2, -0.15) is 0 Å². The molecule has 0 unspecified atom stereocenters. The third-order valence-corrected chi connectivity index (χ3v) is 4.47. The summed E-state index contributed by atoms with van der Waals surface area (Å²) in [7, 11) is 2.07. The number of imidazole rings is 1. The Morgan fingerprint density at radius 2 is 2.12 bits per heavy atom. The Hall–Kier alpha value is -2.69. The molecule has 2 heterocycles. The number of pyridine rings is 1. The third-order valence-electron chi connectivity index (χ3n) is 4.47. The number of carbonyl (C=O) groups excluding carboxylic acids is 1. The van der Waals surface area contributed by atoms with Crippen molar-refractivity contribution in [2.24, 2.45) is 7.05 Å². The Kier molecular flexibility index (Phi) is 3.56. The molecule has 5 heteroatoms. The molecule has 0 radical (unpaired) electrons. The van der Waals surface area contributed by atoms with Crippen molar-refractivity contribution in [3.63, 3.8) is 0 Å². The summed E-state index contributed by atoms with van der Waals surface area (Å²) in [5.41, 5.74) is 4.75. The van der Waals surface area contributed by atoms with Gasteiger partial charge in [0.2, 0.25) is 5.91 Å². The van der Waals surface area contributed by atoms with Crippen LogP contribution < -0.4 is 5.32 Å². The van der Waals surface area contributed by atoms with Gasteiger partial charge in [-0.05, 0) is 49.6 Å². The van der Waals surface area contributed by atoms with E-state index < -0.39 is 0 Å². The largest absolute Gasteiger partial charge is 0.331 e. The Labute approximate surface area is 140 Å². The summed E-state index contributed by atoms with van der Waals surface area (Å²) in [6, 6.07) is 9.76. The molecule has 5 nitrogen and oxygen atoms in total. The van der Waals surface area contributed by atoms with Crippen LogP contribution >= 0.6 is 0 Å². The second-order valence-corrected chi connectivity index (χ2v) is 6.54. The van der Waals surface area contributed by atoms with Crippen molar-refractivity contribution >= 4 is 22.6 Å². The van der Waals surface area contributed by atoms with E-state index in [0.717, 1.165) is 28.0 Å². The summed E-state index contributed by atoms with van der Waals surface area (Å²) in [4.78, 5) is 21.2. The highest BCUT2D eigenvalue weighted by atomic mass is 16.1. The molecule has 0 bridgehead atoms. The smallest absolute Gasteiger partial charge is 0.228 e. The fourth-order valence-corrected chi connectivity index (χ4v) is 3.09. The van der Waals surface area contributed by atoms with Gasteiger partial charge in [0.1, 0.15) is 5.82 Å². The van der Waals surface area contributed by atoms with Crippen LogP contribution in [0.5, 0.6) is 0 Å². The summed E-state index contributed by atoms with van der Waals surface area (Å²) >= 11 is 0. The van der Waals surface area contributed by atoms with E-state index in [1.54, 1.807) is 12.3 Å². The van der Waals surface area contributed by atoms with Crippen LogP contribution in [-0.4, -0.2) is 20.4 Å². The minimum atomic E-state index is -0.0294. The lowest BCUT2D eigenvalue weighted by atomic mass is 10.1. The number of benzene rings is 1. The van der Waals surface area contributed by atoms with E-state index in [0.29, 0.717) is 12.3 Å². The lowest BCUT2D eigenvalue weighted by molar-refractivity contribution is -0.115. The van der Waals surface area contributed by atoms with E-state index in [9.17, 15) is 4.79 Å². The first kappa shape index (κ1) is 14.9. The normalized spacial score (nSPS) is 14.1. The van der Waals surface area contributed by atoms with Crippen LogP contribution in [0.3, 0.4) is 0 Å². The molecule has 1 aliphatic rings. The molecule has 1 aromatic carbocycles. The lowest BCUT2D eigenvalue weighted by Crippen LogP contribution is -2.14. The summed E-state index contributed by atoms with van der Waals surface area (Å²) in [5.74, 6) is 1.75. The summed E-state index contributed by atoms with van der Waals surface area (Å²) in [6.07, 6.45) is 4.51. The van der Waals surface area contributed by atoms with Gasteiger partial charge in [0, 0.05) is 30.5 Å². The Morgan fingerprint density at radius 1 is 1.29 bits per heavy atom. The van der Waals surface area contributed by atoms with Crippen LogP contribution in [0, 0.1) is 6.92 Å². The standard InChI is InChI=1S/C19H20N4O/c1-12-9-15(7-8-20-12)21-18(24)11-13-3-6-17-16(10-13)22-19(23(17)2)14-4-5-14/h3,6-10,14H,4-5,11H2,1-2H3,(H,20,21,24). The van der Waals surface area contributed by atoms with E-state index in [2.05, 4.69) is 28.0 Å². The van der Waals surface area contributed by atoms with E-state index >= 15 is 0 Å². The fourth-order valence-electron chi connectivity index (χ4n) is 3.09. The SMILES string of the molecule is Cc1cc(NC(=O)Cc2ccc3c(c2)nc(C2CC2)n3C)ccn1. The minimum absolute atomic E-state index is 0.0294. The maximum absolute atomic E-state index is 12.3. The highest BCUT2D eigenvalue weighted by molar-refractivity contribution is 5.92. The molecule has 1 fully saturated rings. The predicted octanol–water partition coefficient (Wildman–Crippen LogP) is 3.34. The number of hydrogen-bond donors (Lipinski definition) is 1. The molecule has 1 saturated carbocycles. The van der Waals surface area contributed by atoms with Gasteiger partial charge in [0.15, 0.2) is 0 Å². The van der Waals surface area contributed by atoms with Gasteiger partial charge in [0.05, 0.1) is 17.5 Å². The van der Waals surface area contributed by atoms with Crippen molar-refractivity contribution < 1.29 is 4.79 Å². The van der Waals surface area contributed by atoms with E-state index in [1.807, 2.05) is 25.1 Å². The zero-order valence-corrected chi connectivity index (χ0v) is 13.9. The van der Waals surface area contributed by atoms with E-state index in [-0.39, 0.29) is 5.91 Å². The van der Waals surface area contributed by atoms with Crippen LogP contribution in [0.2, 0.25) is 0 Å². The fraction of sp³-hybridized carbons (Fsp3) is 0.316. The number of fused-ring (bicyclic) bond motifs is 1. The Bertz CT molecular complexity index is 924. The highest BCUT2D eigenvalue weighted by Gasteiger charge is 2.28. The van der Waals surface area contributed by atoms with Crippen molar-refractivity contribution in [2.75, 3.05) is 5.32 Å². The van der Waals surface area contributed by atoms with Crippen molar-refractivity contribution in [2.45, 2.75) is 32.1 Å². The molecule has 2 aromatic heterocycles. The lowest BCUT2D eigenvalue weighted by Gasteiger charge is -2.06. The van der Waals surface area contributed by atoms with E-state index in [1.165, 1.54) is 18.7 Å². The maximum Gasteiger partial charge on any atom is 0.228 e. The molecule has 0 saturated heterocycles. The van der Waals surface area contributed by atoms with Gasteiger partial charge in [-0.25, -0.2) is 4.98 Å². The molecule has 122 valence electrons. The molecule has 1 N–H and O–H groups in total. The quantitative estimate of drug-likeness (QED) is 0.802. The van der Waals surface area contributed by atoms with Crippen LogP contribution in [0.4, 0.5) is 5.69 Å². The Morgan fingerprint density at radius 3 is 2.88 bits per heavy atom. The molecule has 1 aliphatic carbocycles. The second kappa shape index (κ2) is 5.74. The van der Waals surface area contributed by atoms with Crippen LogP contribution in [0.15, 0.2) is 36.5 Å². The first-order chi connectivity index (χ1) is 11.6. The average molecular weight is 320 g/mol. The number of carbonyl (C=O) groups is 1. The number of hydrogen-bond acceptors (Lipinski definition) is 3. The van der Waals surface area contributed by atoms with Gasteiger partial charge in [-0.3, -0.25) is 9.78 Å². The molecule has 24 heavy (non-hydrogen) atoms. The first-order valence-electron chi connectivity index (χ1n) is 8.28. The molecular weight excluding hydrogens is 300 g/mol.